The van der Waals surface area contributed by atoms with Crippen LogP contribution in [0.4, 0.5) is 4.79 Å². The summed E-state index contributed by atoms with van der Waals surface area (Å²) in [7, 11) is 1.61. The van der Waals surface area contributed by atoms with Crippen LogP contribution in [-0.2, 0) is 22.4 Å². The first kappa shape index (κ1) is 20.3. The second-order valence-corrected chi connectivity index (χ2v) is 7.87. The molecular formula is C24H27NO5. The molecule has 1 saturated heterocycles. The predicted octanol–water partition coefficient (Wildman–Crippen LogP) is 4.15. The van der Waals surface area contributed by atoms with Crippen LogP contribution in [0.2, 0.25) is 0 Å². The molecular weight excluding hydrogens is 382 g/mol. The normalized spacial score (nSPS) is 19.0. The van der Waals surface area contributed by atoms with E-state index in [1.807, 2.05) is 48.5 Å². The molecule has 6 nitrogen and oxygen atoms in total. The molecule has 0 aromatic heterocycles. The van der Waals surface area contributed by atoms with Crippen molar-refractivity contribution in [3.63, 3.8) is 0 Å². The van der Waals surface area contributed by atoms with Crippen LogP contribution in [0, 0.1) is 0 Å². The fourth-order valence-corrected chi connectivity index (χ4v) is 4.17. The van der Waals surface area contributed by atoms with Crippen molar-refractivity contribution in [3.8, 4) is 11.5 Å². The van der Waals surface area contributed by atoms with Crippen molar-refractivity contribution in [1.82, 2.24) is 4.90 Å². The number of nitrogens with zero attached hydrogens (tertiary/aromatic N) is 1. The molecule has 0 bridgehead atoms. The minimum absolute atomic E-state index is 0.103. The van der Waals surface area contributed by atoms with E-state index in [1.165, 1.54) is 17.7 Å². The molecule has 0 radical (unpaired) electrons. The molecule has 2 amide bonds. The van der Waals surface area contributed by atoms with Gasteiger partial charge in [-0.2, -0.15) is 0 Å². The summed E-state index contributed by atoms with van der Waals surface area (Å²) in [6.07, 6.45) is 4.71. The van der Waals surface area contributed by atoms with E-state index in [0.29, 0.717) is 17.9 Å². The summed E-state index contributed by atoms with van der Waals surface area (Å²) in [5, 5.41) is 0. The third-order valence-corrected chi connectivity index (χ3v) is 5.72. The Bertz CT molecular complexity index is 892. The summed E-state index contributed by atoms with van der Waals surface area (Å²) >= 11 is 0. The lowest BCUT2D eigenvalue weighted by Crippen LogP contribution is -2.41. The van der Waals surface area contributed by atoms with Gasteiger partial charge in [0.2, 0.25) is 5.91 Å². The monoisotopic (exact) mass is 409 g/mol. The van der Waals surface area contributed by atoms with Crippen LogP contribution in [0.25, 0.3) is 0 Å². The highest BCUT2D eigenvalue weighted by Crippen LogP contribution is 2.33. The molecule has 2 aromatic rings. The second-order valence-electron chi connectivity index (χ2n) is 7.87. The van der Waals surface area contributed by atoms with E-state index in [4.69, 9.17) is 14.2 Å². The lowest BCUT2D eigenvalue weighted by molar-refractivity contribution is -0.128. The number of ether oxygens (including phenoxy) is 3. The Hall–Kier alpha value is -3.02. The highest BCUT2D eigenvalue weighted by atomic mass is 16.6. The molecule has 6 heteroatoms. The lowest BCUT2D eigenvalue weighted by atomic mass is 10.0. The number of imide groups is 1. The fraction of sp³-hybridized carbons (Fsp3) is 0.417. The van der Waals surface area contributed by atoms with Gasteiger partial charge in [-0.05, 0) is 55.4 Å². The number of methoxy groups -OCH3 is 1. The van der Waals surface area contributed by atoms with Gasteiger partial charge in [0.05, 0.1) is 25.7 Å². The van der Waals surface area contributed by atoms with Crippen LogP contribution in [0.3, 0.4) is 0 Å². The van der Waals surface area contributed by atoms with Gasteiger partial charge in [-0.25, -0.2) is 9.69 Å². The summed E-state index contributed by atoms with van der Waals surface area (Å²) < 4.78 is 16.7. The quantitative estimate of drug-likeness (QED) is 0.687. The Balaban J connectivity index is 1.47. The van der Waals surface area contributed by atoms with Crippen LogP contribution in [0.1, 0.15) is 36.8 Å². The lowest BCUT2D eigenvalue weighted by Gasteiger charge is -2.20. The summed E-state index contributed by atoms with van der Waals surface area (Å²) in [5.41, 5.74) is 1.85. The number of rotatable bonds is 7. The van der Waals surface area contributed by atoms with Gasteiger partial charge in [-0.1, -0.05) is 36.4 Å². The van der Waals surface area contributed by atoms with E-state index in [1.54, 1.807) is 7.11 Å². The molecule has 2 aromatic carbocycles. The highest BCUT2D eigenvalue weighted by molar-refractivity contribution is 5.94. The van der Waals surface area contributed by atoms with Gasteiger partial charge in [0, 0.05) is 0 Å². The predicted molar refractivity (Wildman–Crippen MR) is 112 cm³/mol. The number of amides is 2. The Kier molecular flexibility index (Phi) is 6.21. The number of carbonyl (C=O) groups excluding carboxylic acids is 2. The zero-order valence-corrected chi connectivity index (χ0v) is 17.2. The van der Waals surface area contributed by atoms with Crippen molar-refractivity contribution < 1.29 is 23.8 Å². The first-order valence-corrected chi connectivity index (χ1v) is 10.5. The molecule has 2 fully saturated rings. The molecule has 4 rings (SSSR count). The van der Waals surface area contributed by atoms with Crippen molar-refractivity contribution in [2.45, 2.75) is 50.7 Å². The summed E-state index contributed by atoms with van der Waals surface area (Å²) in [5.74, 6) is 1.04. The number of hydrogen-bond donors (Lipinski definition) is 0. The zero-order valence-electron chi connectivity index (χ0n) is 17.2. The number of carbonyl (C=O) groups is 2. The van der Waals surface area contributed by atoms with E-state index in [2.05, 4.69) is 0 Å². The van der Waals surface area contributed by atoms with E-state index in [0.717, 1.165) is 24.0 Å². The maximum absolute atomic E-state index is 13.0. The number of hydrogen-bond acceptors (Lipinski definition) is 5. The molecule has 1 atom stereocenters. The maximum Gasteiger partial charge on any atom is 0.416 e. The van der Waals surface area contributed by atoms with Crippen molar-refractivity contribution in [2.75, 3.05) is 13.7 Å². The van der Waals surface area contributed by atoms with E-state index in [9.17, 15) is 9.59 Å². The van der Waals surface area contributed by atoms with Crippen molar-refractivity contribution in [3.05, 3.63) is 59.7 Å². The molecule has 158 valence electrons. The highest BCUT2D eigenvalue weighted by Gasteiger charge is 2.37. The maximum atomic E-state index is 13.0. The Labute approximate surface area is 176 Å². The molecule has 2 aliphatic rings. The minimum Gasteiger partial charge on any atom is -0.493 e. The number of benzene rings is 2. The molecule has 1 aliphatic heterocycles. The molecule has 0 spiro atoms. The standard InChI is InChI=1S/C24H27NO5/c1-28-21-12-11-18(14-22(21)30-20-9-5-6-10-20)15-23(26)25-19(16-29-24(25)27)13-17-7-3-2-4-8-17/h2-4,7-8,11-12,14,19-20H,5-6,9-10,13,15-16H2,1H3/t19-/m0/s1. The molecule has 1 heterocycles. The van der Waals surface area contributed by atoms with Crippen LogP contribution in [0.15, 0.2) is 48.5 Å². The zero-order chi connectivity index (χ0) is 20.9. The van der Waals surface area contributed by atoms with Crippen LogP contribution in [-0.4, -0.2) is 42.8 Å². The SMILES string of the molecule is COc1ccc(CC(=O)N2C(=O)OC[C@@H]2Cc2ccccc2)cc1OC1CCCC1. The molecule has 1 aliphatic carbocycles. The van der Waals surface area contributed by atoms with Crippen LogP contribution in [0.5, 0.6) is 11.5 Å². The summed E-state index contributed by atoms with van der Waals surface area (Å²) in [6.45, 7) is 0.220. The molecule has 1 saturated carbocycles. The molecule has 30 heavy (non-hydrogen) atoms. The van der Waals surface area contributed by atoms with Crippen molar-refractivity contribution in [2.24, 2.45) is 0 Å². The van der Waals surface area contributed by atoms with Gasteiger partial charge in [0.15, 0.2) is 11.5 Å². The Morgan fingerprint density at radius 1 is 1.07 bits per heavy atom. The fourth-order valence-electron chi connectivity index (χ4n) is 4.17. The Morgan fingerprint density at radius 2 is 1.83 bits per heavy atom. The van der Waals surface area contributed by atoms with E-state index >= 15 is 0 Å². The molecule has 0 N–H and O–H groups in total. The summed E-state index contributed by atoms with van der Waals surface area (Å²) in [4.78, 5) is 26.5. The average molecular weight is 409 g/mol. The third kappa shape index (κ3) is 4.58. The molecule has 0 unspecified atom stereocenters. The Morgan fingerprint density at radius 3 is 2.57 bits per heavy atom. The third-order valence-electron chi connectivity index (χ3n) is 5.72. The van der Waals surface area contributed by atoms with E-state index < -0.39 is 6.09 Å². The van der Waals surface area contributed by atoms with Gasteiger partial charge < -0.3 is 14.2 Å². The largest absolute Gasteiger partial charge is 0.493 e. The van der Waals surface area contributed by atoms with Gasteiger partial charge in [0.1, 0.15) is 6.61 Å². The topological polar surface area (TPSA) is 65.1 Å². The van der Waals surface area contributed by atoms with Crippen molar-refractivity contribution in [1.29, 1.82) is 0 Å². The van der Waals surface area contributed by atoms with Gasteiger partial charge in [0.25, 0.3) is 0 Å². The average Bonchev–Trinajstić information content (AvgIpc) is 3.39. The smallest absolute Gasteiger partial charge is 0.416 e. The van der Waals surface area contributed by atoms with Crippen LogP contribution < -0.4 is 9.47 Å². The summed E-state index contributed by atoms with van der Waals surface area (Å²) in [6, 6.07) is 15.0. The van der Waals surface area contributed by atoms with Gasteiger partial charge in [-0.15, -0.1) is 0 Å². The first-order chi connectivity index (χ1) is 14.6. The number of cyclic esters (lactones) is 1. The second kappa shape index (κ2) is 9.20. The van der Waals surface area contributed by atoms with E-state index in [-0.39, 0.29) is 31.1 Å². The minimum atomic E-state index is -0.572. The van der Waals surface area contributed by atoms with Gasteiger partial charge in [-0.3, -0.25) is 4.79 Å². The van der Waals surface area contributed by atoms with Crippen LogP contribution >= 0.6 is 0 Å². The van der Waals surface area contributed by atoms with Crippen molar-refractivity contribution >= 4 is 12.0 Å². The first-order valence-electron chi connectivity index (χ1n) is 10.5. The van der Waals surface area contributed by atoms with Gasteiger partial charge >= 0.3 is 6.09 Å².